The smallest absolute Gasteiger partial charge is 0.269 e. The first-order valence-electron chi connectivity index (χ1n) is 6.84. The molecule has 0 N–H and O–H groups in total. The average Bonchev–Trinajstić information content (AvgIpc) is 2.54. The summed E-state index contributed by atoms with van der Waals surface area (Å²) < 4.78 is 31.1. The van der Waals surface area contributed by atoms with Crippen LogP contribution in [0.25, 0.3) is 0 Å². The zero-order chi connectivity index (χ0) is 16.6. The van der Waals surface area contributed by atoms with Crippen LogP contribution in [0.3, 0.4) is 0 Å². The molecule has 0 radical (unpaired) electrons. The third-order valence-electron chi connectivity index (χ3n) is 3.64. The van der Waals surface area contributed by atoms with E-state index in [4.69, 9.17) is 4.74 Å². The van der Waals surface area contributed by atoms with E-state index in [1.807, 2.05) is 0 Å². The second-order valence-corrected chi connectivity index (χ2v) is 7.09. The zero-order valence-corrected chi connectivity index (χ0v) is 13.0. The first-order valence-corrected chi connectivity index (χ1v) is 8.33. The van der Waals surface area contributed by atoms with Gasteiger partial charge in [0, 0.05) is 24.1 Å². The lowest BCUT2D eigenvalue weighted by molar-refractivity contribution is -0.384. The van der Waals surface area contributed by atoms with Crippen molar-refractivity contribution in [1.29, 1.82) is 0 Å². The van der Waals surface area contributed by atoms with Gasteiger partial charge < -0.3 is 4.74 Å². The van der Waals surface area contributed by atoms with Crippen molar-refractivity contribution < 1.29 is 18.1 Å². The van der Waals surface area contributed by atoms with E-state index in [-0.39, 0.29) is 27.7 Å². The molecule has 118 valence electrons. The minimum Gasteiger partial charge on any atom is -0.461 e. The van der Waals surface area contributed by atoms with E-state index >= 15 is 0 Å². The van der Waals surface area contributed by atoms with E-state index in [2.05, 4.69) is 0 Å². The summed E-state index contributed by atoms with van der Waals surface area (Å²) in [7, 11) is -3.70. The molecule has 0 amide bonds. The number of non-ortho nitro benzene ring substituents is 1. The van der Waals surface area contributed by atoms with Crippen LogP contribution in [0.2, 0.25) is 0 Å². The number of nitro groups is 1. The molecule has 1 heterocycles. The van der Waals surface area contributed by atoms with Gasteiger partial charge in [0.05, 0.1) is 14.7 Å². The second kappa shape index (κ2) is 5.51. The van der Waals surface area contributed by atoms with Crippen LogP contribution in [0.15, 0.2) is 64.1 Å². The monoisotopic (exact) mass is 331 g/mol. The van der Waals surface area contributed by atoms with Crippen molar-refractivity contribution in [2.24, 2.45) is 0 Å². The van der Waals surface area contributed by atoms with E-state index in [1.54, 1.807) is 25.1 Å². The molecule has 1 aliphatic rings. The Kier molecular flexibility index (Phi) is 3.65. The summed E-state index contributed by atoms with van der Waals surface area (Å²) in [5.74, 6) is 0.732. The molecule has 0 atom stereocenters. The number of sulfone groups is 1. The number of ether oxygens (including phenoxy) is 1. The largest absolute Gasteiger partial charge is 0.461 e. The normalized spacial score (nSPS) is 14.1. The van der Waals surface area contributed by atoms with Crippen LogP contribution in [0, 0.1) is 10.1 Å². The maximum Gasteiger partial charge on any atom is 0.269 e. The number of allylic oxidation sites excluding steroid dienone is 2. The lowest BCUT2D eigenvalue weighted by Crippen LogP contribution is -2.16. The fourth-order valence-electron chi connectivity index (χ4n) is 2.46. The summed E-state index contributed by atoms with van der Waals surface area (Å²) >= 11 is 0. The van der Waals surface area contributed by atoms with Crippen LogP contribution in [0.1, 0.15) is 12.5 Å². The summed E-state index contributed by atoms with van der Waals surface area (Å²) in [6.45, 7) is 1.58. The van der Waals surface area contributed by atoms with E-state index < -0.39 is 14.8 Å². The third-order valence-corrected chi connectivity index (χ3v) is 5.61. The first kappa shape index (κ1) is 15.2. The first-order chi connectivity index (χ1) is 10.9. The molecule has 0 saturated heterocycles. The number of nitro benzene ring substituents is 1. The van der Waals surface area contributed by atoms with Crippen molar-refractivity contribution in [3.63, 3.8) is 0 Å². The zero-order valence-electron chi connectivity index (χ0n) is 12.2. The van der Waals surface area contributed by atoms with Crippen LogP contribution in [-0.2, 0) is 16.3 Å². The summed E-state index contributed by atoms with van der Waals surface area (Å²) in [5.41, 5.74) is 0.391. The molecule has 0 aliphatic carbocycles. The third kappa shape index (κ3) is 2.70. The van der Waals surface area contributed by atoms with Crippen LogP contribution < -0.4 is 4.74 Å². The number of hydrogen-bond acceptors (Lipinski definition) is 5. The Morgan fingerprint density at radius 3 is 2.48 bits per heavy atom. The molecule has 3 rings (SSSR count). The number of hydrogen-bond donors (Lipinski definition) is 0. The Balaban J connectivity index is 2.06. The lowest BCUT2D eigenvalue weighted by Gasteiger charge is -2.21. The van der Waals surface area contributed by atoms with Gasteiger partial charge in [-0.15, -0.1) is 0 Å². The summed E-state index contributed by atoms with van der Waals surface area (Å²) in [6.07, 6.45) is 0.0695. The molecule has 0 saturated carbocycles. The number of fused-ring (bicyclic) bond motifs is 1. The van der Waals surface area contributed by atoms with Crippen molar-refractivity contribution in [3.8, 4) is 5.75 Å². The highest BCUT2D eigenvalue weighted by Crippen LogP contribution is 2.36. The quantitative estimate of drug-likeness (QED) is 0.636. The van der Waals surface area contributed by atoms with Gasteiger partial charge in [0.1, 0.15) is 11.5 Å². The van der Waals surface area contributed by atoms with Crippen molar-refractivity contribution >= 4 is 15.5 Å². The maximum absolute atomic E-state index is 12.8. The van der Waals surface area contributed by atoms with E-state index in [0.717, 1.165) is 0 Å². The van der Waals surface area contributed by atoms with Crippen molar-refractivity contribution in [2.75, 3.05) is 0 Å². The molecule has 2 aromatic rings. The highest BCUT2D eigenvalue weighted by molar-refractivity contribution is 7.95. The van der Waals surface area contributed by atoms with Crippen molar-refractivity contribution in [3.05, 3.63) is 74.9 Å². The Hall–Kier alpha value is -2.67. The van der Waals surface area contributed by atoms with Crippen molar-refractivity contribution in [1.82, 2.24) is 0 Å². The fourth-order valence-corrected chi connectivity index (χ4v) is 4.03. The number of benzene rings is 2. The molecule has 6 nitrogen and oxygen atoms in total. The minimum absolute atomic E-state index is 0.0695. The van der Waals surface area contributed by atoms with Crippen molar-refractivity contribution in [2.45, 2.75) is 18.2 Å². The summed E-state index contributed by atoms with van der Waals surface area (Å²) in [4.78, 5) is 10.7. The van der Waals surface area contributed by atoms with Gasteiger partial charge in [-0.2, -0.15) is 0 Å². The lowest BCUT2D eigenvalue weighted by atomic mass is 10.1. The predicted octanol–water partition coefficient (Wildman–Crippen LogP) is 3.24. The standard InChI is InChI=1S/C16H13NO5S/c1-11-16(23(20,21)14-5-3-2-4-6-14)10-12-9-13(17(18)19)7-8-15(12)22-11/h2-9H,10H2,1H3. The molecule has 23 heavy (non-hydrogen) atoms. The molecule has 0 aromatic heterocycles. The van der Waals surface area contributed by atoms with Gasteiger partial charge in [0.25, 0.3) is 5.69 Å². The molecule has 7 heteroatoms. The Morgan fingerprint density at radius 2 is 1.83 bits per heavy atom. The Morgan fingerprint density at radius 1 is 1.13 bits per heavy atom. The van der Waals surface area contributed by atoms with Gasteiger partial charge in [-0.25, -0.2) is 8.42 Å². The molecule has 0 bridgehead atoms. The van der Waals surface area contributed by atoms with E-state index in [1.165, 1.54) is 30.3 Å². The topological polar surface area (TPSA) is 86.5 Å². The van der Waals surface area contributed by atoms with Crippen LogP contribution >= 0.6 is 0 Å². The van der Waals surface area contributed by atoms with Crippen LogP contribution in [-0.4, -0.2) is 13.3 Å². The molecule has 0 spiro atoms. The van der Waals surface area contributed by atoms with Gasteiger partial charge in [-0.05, 0) is 25.1 Å². The van der Waals surface area contributed by atoms with E-state index in [0.29, 0.717) is 11.3 Å². The molecular formula is C16H13NO5S. The minimum atomic E-state index is -3.70. The average molecular weight is 331 g/mol. The SMILES string of the molecule is CC1=C(S(=O)(=O)c2ccccc2)Cc2cc([N+](=O)[O-])ccc2O1. The fraction of sp³-hybridized carbons (Fsp3) is 0.125. The van der Waals surface area contributed by atoms with Gasteiger partial charge in [-0.1, -0.05) is 18.2 Å². The Labute approximate surface area is 133 Å². The van der Waals surface area contributed by atoms with Crippen LogP contribution in [0.4, 0.5) is 5.69 Å². The van der Waals surface area contributed by atoms with Gasteiger partial charge >= 0.3 is 0 Å². The molecule has 2 aromatic carbocycles. The molecule has 0 unspecified atom stereocenters. The van der Waals surface area contributed by atoms with Gasteiger partial charge in [0.2, 0.25) is 9.84 Å². The molecule has 0 fully saturated rings. The number of nitrogens with zero attached hydrogens (tertiary/aromatic N) is 1. The molecule has 1 aliphatic heterocycles. The maximum atomic E-state index is 12.8. The highest BCUT2D eigenvalue weighted by Gasteiger charge is 2.29. The second-order valence-electron chi connectivity index (χ2n) is 5.12. The van der Waals surface area contributed by atoms with E-state index in [9.17, 15) is 18.5 Å². The predicted molar refractivity (Wildman–Crippen MR) is 83.8 cm³/mol. The Bertz CT molecular complexity index is 917. The number of rotatable bonds is 3. The van der Waals surface area contributed by atoms with Crippen LogP contribution in [0.5, 0.6) is 5.75 Å². The van der Waals surface area contributed by atoms with Gasteiger partial charge in [0.15, 0.2) is 0 Å². The van der Waals surface area contributed by atoms with Gasteiger partial charge in [-0.3, -0.25) is 10.1 Å². The molecular weight excluding hydrogens is 318 g/mol. The summed E-state index contributed by atoms with van der Waals surface area (Å²) in [5, 5.41) is 10.9. The highest BCUT2D eigenvalue weighted by atomic mass is 32.2. The summed E-state index contributed by atoms with van der Waals surface area (Å²) in [6, 6.07) is 12.2.